The molecule has 1 N–H and O–H groups in total. The second-order valence-electron chi connectivity index (χ2n) is 2.39. The molecule has 0 aromatic carbocycles. The predicted octanol–water partition coefficient (Wildman–Crippen LogP) is 1.61. The molecule has 13 heavy (non-hydrogen) atoms. The van der Waals surface area contributed by atoms with Gasteiger partial charge in [0.15, 0.2) is 6.29 Å². The van der Waals surface area contributed by atoms with Crippen LogP contribution in [0.15, 0.2) is 16.7 Å². The number of anilines is 1. The Bertz CT molecular complexity index is 352. The number of aldehydes is 1. The molecule has 0 spiro atoms. The minimum Gasteiger partial charge on any atom is -0.311 e. The molecule has 1 aromatic rings. The van der Waals surface area contributed by atoms with E-state index in [0.717, 1.165) is 0 Å². The lowest BCUT2D eigenvalue weighted by Crippen LogP contribution is -2.07. The molecule has 1 rings (SSSR count). The zero-order valence-electron chi connectivity index (χ0n) is 6.87. The van der Waals surface area contributed by atoms with Gasteiger partial charge in [-0.25, -0.2) is 4.98 Å². The van der Waals surface area contributed by atoms with Gasteiger partial charge in [0, 0.05) is 23.2 Å². The molecule has 1 aromatic heterocycles. The topological polar surface area (TPSA) is 59.1 Å². The second kappa shape index (κ2) is 4.13. The first kappa shape index (κ1) is 9.85. The van der Waals surface area contributed by atoms with E-state index in [-0.39, 0.29) is 5.91 Å². The van der Waals surface area contributed by atoms with Gasteiger partial charge in [-0.15, -0.1) is 0 Å². The van der Waals surface area contributed by atoms with Gasteiger partial charge in [0.25, 0.3) is 0 Å². The molecule has 68 valence electrons. The predicted molar refractivity (Wildman–Crippen MR) is 51.6 cm³/mol. The first-order valence-corrected chi connectivity index (χ1v) is 4.31. The number of nitrogens with one attached hydrogen (secondary N) is 1. The van der Waals surface area contributed by atoms with Crippen LogP contribution in [0.1, 0.15) is 17.3 Å². The molecular weight excluding hydrogens is 236 g/mol. The first-order chi connectivity index (χ1) is 6.13. The quantitative estimate of drug-likeness (QED) is 0.803. The van der Waals surface area contributed by atoms with Gasteiger partial charge >= 0.3 is 0 Å². The molecule has 1 heterocycles. The molecule has 5 heteroatoms. The van der Waals surface area contributed by atoms with Crippen molar-refractivity contribution >= 4 is 33.9 Å². The standard InChI is InChI=1S/C8H7BrN2O2/c1-5(13)11-8-2-6(4-12)7(9)3-10-8/h2-4H,1H3,(H,10,11,13). The Morgan fingerprint density at radius 1 is 1.69 bits per heavy atom. The lowest BCUT2D eigenvalue weighted by molar-refractivity contribution is -0.114. The van der Waals surface area contributed by atoms with Gasteiger partial charge in [0.05, 0.1) is 0 Å². The molecule has 0 aliphatic rings. The molecule has 0 saturated carbocycles. The third-order valence-electron chi connectivity index (χ3n) is 1.32. The highest BCUT2D eigenvalue weighted by Crippen LogP contribution is 2.16. The maximum absolute atomic E-state index is 10.6. The average molecular weight is 243 g/mol. The molecule has 0 bridgehead atoms. The molecule has 1 amide bonds. The van der Waals surface area contributed by atoms with Gasteiger partial charge in [-0.2, -0.15) is 0 Å². The number of amides is 1. The summed E-state index contributed by atoms with van der Waals surface area (Å²) in [5.41, 5.74) is 0.457. The highest BCUT2D eigenvalue weighted by molar-refractivity contribution is 9.10. The fourth-order valence-corrected chi connectivity index (χ4v) is 1.10. The number of halogens is 1. The minimum absolute atomic E-state index is 0.216. The van der Waals surface area contributed by atoms with Crippen molar-refractivity contribution in [1.29, 1.82) is 0 Å². The zero-order valence-corrected chi connectivity index (χ0v) is 8.46. The van der Waals surface area contributed by atoms with E-state index in [1.807, 2.05) is 0 Å². The molecule has 0 aliphatic carbocycles. The molecule has 0 aliphatic heterocycles. The average Bonchev–Trinajstić information content (AvgIpc) is 2.07. The van der Waals surface area contributed by atoms with Crippen LogP contribution < -0.4 is 5.32 Å². The third-order valence-corrected chi connectivity index (χ3v) is 1.98. The van der Waals surface area contributed by atoms with Crippen molar-refractivity contribution in [2.75, 3.05) is 5.32 Å². The van der Waals surface area contributed by atoms with Crippen LogP contribution in [-0.2, 0) is 4.79 Å². The number of hydrogen-bond donors (Lipinski definition) is 1. The molecule has 0 fully saturated rings. The van der Waals surface area contributed by atoms with Gasteiger partial charge in [0.2, 0.25) is 5.91 Å². The molecule has 0 unspecified atom stereocenters. The van der Waals surface area contributed by atoms with E-state index in [1.165, 1.54) is 19.2 Å². The molecule has 0 saturated heterocycles. The van der Waals surface area contributed by atoms with Gasteiger partial charge in [-0.3, -0.25) is 9.59 Å². The van der Waals surface area contributed by atoms with E-state index >= 15 is 0 Å². The van der Waals surface area contributed by atoms with Gasteiger partial charge in [-0.1, -0.05) is 0 Å². The van der Waals surface area contributed by atoms with E-state index in [9.17, 15) is 9.59 Å². The summed E-state index contributed by atoms with van der Waals surface area (Å²) in [6.07, 6.45) is 2.16. The van der Waals surface area contributed by atoms with Crippen LogP contribution >= 0.6 is 15.9 Å². The number of carbonyl (C=O) groups is 2. The van der Waals surface area contributed by atoms with E-state index in [2.05, 4.69) is 26.2 Å². The number of carbonyl (C=O) groups excluding carboxylic acids is 2. The number of hydrogen-bond acceptors (Lipinski definition) is 3. The summed E-state index contributed by atoms with van der Waals surface area (Å²) in [4.78, 5) is 25.0. The SMILES string of the molecule is CC(=O)Nc1cc(C=O)c(Br)cn1. The Balaban J connectivity index is 2.99. The van der Waals surface area contributed by atoms with Crippen LogP contribution in [0.5, 0.6) is 0 Å². The fraction of sp³-hybridized carbons (Fsp3) is 0.125. The Morgan fingerprint density at radius 2 is 2.38 bits per heavy atom. The lowest BCUT2D eigenvalue weighted by Gasteiger charge is -2.01. The monoisotopic (exact) mass is 242 g/mol. The molecule has 0 radical (unpaired) electrons. The molecule has 0 atom stereocenters. The maximum atomic E-state index is 10.6. The highest BCUT2D eigenvalue weighted by atomic mass is 79.9. The zero-order chi connectivity index (χ0) is 9.84. The highest BCUT2D eigenvalue weighted by Gasteiger charge is 2.02. The summed E-state index contributed by atoms with van der Waals surface area (Å²) in [7, 11) is 0. The Kier molecular flexibility index (Phi) is 3.13. The summed E-state index contributed by atoms with van der Waals surface area (Å²) < 4.78 is 0.608. The summed E-state index contributed by atoms with van der Waals surface area (Å²) in [6, 6.07) is 1.50. The van der Waals surface area contributed by atoms with Crippen molar-refractivity contribution < 1.29 is 9.59 Å². The van der Waals surface area contributed by atoms with Crippen molar-refractivity contribution in [3.8, 4) is 0 Å². The van der Waals surface area contributed by atoms with Crippen LogP contribution in [0.4, 0.5) is 5.82 Å². The minimum atomic E-state index is -0.216. The van der Waals surface area contributed by atoms with Crippen molar-refractivity contribution in [3.63, 3.8) is 0 Å². The van der Waals surface area contributed by atoms with Gasteiger partial charge in [0.1, 0.15) is 5.82 Å². The van der Waals surface area contributed by atoms with Crippen LogP contribution in [0, 0.1) is 0 Å². The van der Waals surface area contributed by atoms with E-state index in [1.54, 1.807) is 0 Å². The summed E-state index contributed by atoms with van der Waals surface area (Å²) in [5.74, 6) is 0.157. The lowest BCUT2D eigenvalue weighted by atomic mass is 10.3. The Labute approximate surface area is 83.5 Å². The number of aromatic nitrogens is 1. The largest absolute Gasteiger partial charge is 0.311 e. The van der Waals surface area contributed by atoms with E-state index < -0.39 is 0 Å². The van der Waals surface area contributed by atoms with Crippen molar-refractivity contribution in [1.82, 2.24) is 4.98 Å². The van der Waals surface area contributed by atoms with Crippen LogP contribution in [-0.4, -0.2) is 17.2 Å². The molecular formula is C8H7BrN2O2. The summed E-state index contributed by atoms with van der Waals surface area (Å²) >= 11 is 3.15. The Hall–Kier alpha value is -1.23. The Morgan fingerprint density at radius 3 is 2.92 bits per heavy atom. The van der Waals surface area contributed by atoms with E-state index in [0.29, 0.717) is 22.1 Å². The summed E-state index contributed by atoms with van der Waals surface area (Å²) in [5, 5.41) is 2.48. The van der Waals surface area contributed by atoms with Gasteiger partial charge < -0.3 is 5.32 Å². The fourth-order valence-electron chi connectivity index (χ4n) is 0.793. The summed E-state index contributed by atoms with van der Waals surface area (Å²) in [6.45, 7) is 1.38. The van der Waals surface area contributed by atoms with Crippen molar-refractivity contribution in [3.05, 3.63) is 22.3 Å². The number of rotatable bonds is 2. The first-order valence-electron chi connectivity index (χ1n) is 3.52. The number of nitrogens with zero attached hydrogens (tertiary/aromatic N) is 1. The van der Waals surface area contributed by atoms with Gasteiger partial charge in [-0.05, 0) is 22.0 Å². The second-order valence-corrected chi connectivity index (χ2v) is 3.24. The van der Waals surface area contributed by atoms with Crippen LogP contribution in [0.2, 0.25) is 0 Å². The van der Waals surface area contributed by atoms with Crippen molar-refractivity contribution in [2.24, 2.45) is 0 Å². The van der Waals surface area contributed by atoms with E-state index in [4.69, 9.17) is 0 Å². The third kappa shape index (κ3) is 2.62. The number of pyridine rings is 1. The van der Waals surface area contributed by atoms with Crippen LogP contribution in [0.3, 0.4) is 0 Å². The smallest absolute Gasteiger partial charge is 0.222 e. The normalized spacial score (nSPS) is 9.38. The maximum Gasteiger partial charge on any atom is 0.222 e. The molecule has 4 nitrogen and oxygen atoms in total. The van der Waals surface area contributed by atoms with Crippen molar-refractivity contribution in [2.45, 2.75) is 6.92 Å². The van der Waals surface area contributed by atoms with Crippen LogP contribution in [0.25, 0.3) is 0 Å².